The number of nitrogens with zero attached hydrogens (tertiary/aromatic N) is 16. The fourth-order valence-corrected chi connectivity index (χ4v) is 15.5. The molecule has 20 rings (SSSR count). The highest BCUT2D eigenvalue weighted by molar-refractivity contribution is 5.92. The number of aromatic nitrogens is 20. The molecule has 8 N–H and O–H groups in total. The van der Waals surface area contributed by atoms with Gasteiger partial charge in [-0.15, -0.1) is 0 Å². The Morgan fingerprint density at radius 1 is 0.323 bits per heavy atom. The second-order valence-corrected chi connectivity index (χ2v) is 30.5. The van der Waals surface area contributed by atoms with E-state index in [1.165, 1.54) is 80.1 Å². The lowest BCUT2D eigenvalue weighted by Crippen LogP contribution is -2.28. The molecule has 0 bridgehead atoms. The van der Waals surface area contributed by atoms with Gasteiger partial charge in [0, 0.05) is 24.8 Å². The van der Waals surface area contributed by atoms with Crippen molar-refractivity contribution in [3.8, 4) is 22.7 Å². The van der Waals surface area contributed by atoms with Gasteiger partial charge in [-0.3, -0.25) is 37.4 Å². The SMILES string of the molecule is CC[C@H](Nc1ncnc2[nH]ccc12)c1nc2cccc(F)c2c(=O)n1-c1ccc(C)cc1.Cc1cccc(-n2c([C@H](C)Nc3ncnc4[nH]cc(C)c34)nc3cccc(F)c3c2=O)c1.Cc1cccc(-n2c([C@H](C)Nc3ncnc4[nH]cc(F)c34)nc3cccc(F)c3c2=O)c1.Cc1cccc(-n2c([C@H](C)Nc3ncnc4[nH]ccc34)nc3cccc(F)c3c2=O)c1. The van der Waals surface area contributed by atoms with Gasteiger partial charge in [-0.25, -0.2) is 81.8 Å². The Bertz CT molecular complexity index is 7670. The second-order valence-electron chi connectivity index (χ2n) is 30.5. The summed E-state index contributed by atoms with van der Waals surface area (Å²) in [5.74, 6) is 0.963. The van der Waals surface area contributed by atoms with Gasteiger partial charge in [-0.1, -0.05) is 85.3 Å². The van der Waals surface area contributed by atoms with E-state index in [0.29, 0.717) is 103 Å². The number of aryl methyl sites for hydroxylation is 5. The molecule has 0 spiro atoms. The molecule has 28 nitrogen and oxygen atoms in total. The van der Waals surface area contributed by atoms with E-state index in [9.17, 15) is 41.1 Å². The van der Waals surface area contributed by atoms with Crippen molar-refractivity contribution in [2.45, 2.75) is 92.9 Å². The largest absolute Gasteiger partial charge is 0.360 e. The third kappa shape index (κ3) is 16.2. The van der Waals surface area contributed by atoms with Crippen LogP contribution < -0.4 is 43.5 Å². The maximum Gasteiger partial charge on any atom is 0.269 e. The van der Waals surface area contributed by atoms with Crippen LogP contribution in [0.5, 0.6) is 0 Å². The third-order valence-corrected chi connectivity index (χ3v) is 21.6. The molecule has 0 fully saturated rings. The lowest BCUT2D eigenvalue weighted by atomic mass is 10.1. The Morgan fingerprint density at radius 2 is 0.661 bits per heavy atom. The van der Waals surface area contributed by atoms with Crippen molar-refractivity contribution in [1.29, 1.82) is 0 Å². The Balaban J connectivity index is 0.000000119. The van der Waals surface area contributed by atoms with Gasteiger partial charge in [-0.2, -0.15) is 0 Å². The van der Waals surface area contributed by atoms with Gasteiger partial charge in [-0.05, 0) is 193 Å². The van der Waals surface area contributed by atoms with E-state index in [1.54, 1.807) is 67.8 Å². The molecular weight excluding hydrogens is 1620 g/mol. The van der Waals surface area contributed by atoms with Crippen LogP contribution in [0.4, 0.5) is 45.2 Å². The van der Waals surface area contributed by atoms with E-state index in [2.05, 4.69) is 91.0 Å². The van der Waals surface area contributed by atoms with Crippen LogP contribution >= 0.6 is 0 Å². The first-order valence-electron chi connectivity index (χ1n) is 40.5. The Kier molecular flexibility index (Phi) is 22.8. The molecule has 634 valence electrons. The monoisotopic (exact) mass is 1700 g/mol. The first-order chi connectivity index (χ1) is 61.5. The van der Waals surface area contributed by atoms with Crippen LogP contribution in [0, 0.1) is 63.7 Å². The average Bonchev–Trinajstić information content (AvgIpc) is 1.33. The molecule has 0 aliphatic heterocycles. The number of hydrogen-bond acceptors (Lipinski definition) is 20. The lowest BCUT2D eigenvalue weighted by molar-refractivity contribution is 0.630. The molecule has 0 radical (unpaired) electrons. The van der Waals surface area contributed by atoms with Gasteiger partial charge < -0.3 is 41.2 Å². The number of benzene rings is 8. The molecule has 0 aliphatic carbocycles. The molecular formula is C94H79F5N24O4. The number of hydrogen-bond donors (Lipinski definition) is 8. The highest BCUT2D eigenvalue weighted by atomic mass is 19.1. The van der Waals surface area contributed by atoms with E-state index in [0.717, 1.165) is 49.6 Å². The number of halogens is 5. The van der Waals surface area contributed by atoms with E-state index < -0.39 is 69.4 Å². The van der Waals surface area contributed by atoms with E-state index in [1.807, 2.05) is 165 Å². The van der Waals surface area contributed by atoms with E-state index >= 15 is 0 Å². The van der Waals surface area contributed by atoms with Crippen molar-refractivity contribution >= 4 is 111 Å². The Labute approximate surface area is 718 Å². The predicted molar refractivity (Wildman–Crippen MR) is 481 cm³/mol. The van der Waals surface area contributed by atoms with Gasteiger partial charge in [0.1, 0.15) is 139 Å². The molecule has 20 aromatic rings. The summed E-state index contributed by atoms with van der Waals surface area (Å²) in [7, 11) is 0. The van der Waals surface area contributed by atoms with Crippen molar-refractivity contribution in [2.24, 2.45) is 0 Å². The van der Waals surface area contributed by atoms with Crippen molar-refractivity contribution in [1.82, 2.24) is 98.0 Å². The lowest BCUT2D eigenvalue weighted by Gasteiger charge is -2.22. The average molecular weight is 1700 g/mol. The third-order valence-electron chi connectivity index (χ3n) is 21.6. The number of fused-ring (bicyclic) bond motifs is 8. The molecule has 4 atom stereocenters. The summed E-state index contributed by atoms with van der Waals surface area (Å²) < 4.78 is 78.4. The maximum atomic E-state index is 14.6. The fourth-order valence-electron chi connectivity index (χ4n) is 15.5. The van der Waals surface area contributed by atoms with Gasteiger partial charge in [0.2, 0.25) is 0 Å². The van der Waals surface area contributed by atoms with Gasteiger partial charge >= 0.3 is 0 Å². The number of rotatable bonds is 17. The van der Waals surface area contributed by atoms with Gasteiger partial charge in [0.25, 0.3) is 22.2 Å². The summed E-state index contributed by atoms with van der Waals surface area (Å²) in [6.45, 7) is 17.3. The highest BCUT2D eigenvalue weighted by Crippen LogP contribution is 2.34. The Hall–Kier alpha value is -16.4. The Morgan fingerprint density at radius 3 is 1.06 bits per heavy atom. The second kappa shape index (κ2) is 34.9. The molecule has 0 unspecified atom stereocenters. The number of aromatic amines is 4. The fraction of sp³-hybridized carbons (Fsp3) is 0.149. The molecule has 12 heterocycles. The van der Waals surface area contributed by atoms with Crippen LogP contribution in [0.25, 0.3) is 110 Å². The van der Waals surface area contributed by atoms with Crippen LogP contribution in [0.3, 0.4) is 0 Å². The zero-order valence-corrected chi connectivity index (χ0v) is 69.6. The molecule has 0 saturated carbocycles. The van der Waals surface area contributed by atoms with Crippen LogP contribution in [0.1, 0.15) is 109 Å². The topological polar surface area (TPSA) is 354 Å². The molecule has 12 aromatic heterocycles. The molecule has 33 heteroatoms. The first-order valence-corrected chi connectivity index (χ1v) is 40.5. The van der Waals surface area contributed by atoms with Crippen LogP contribution in [-0.2, 0) is 0 Å². The van der Waals surface area contributed by atoms with E-state index in [-0.39, 0.29) is 44.3 Å². The molecule has 127 heavy (non-hydrogen) atoms. The molecule has 0 amide bonds. The molecule has 0 aliphatic rings. The summed E-state index contributed by atoms with van der Waals surface area (Å²) in [5, 5.41) is 15.8. The van der Waals surface area contributed by atoms with Crippen molar-refractivity contribution in [3.05, 3.63) is 354 Å². The summed E-state index contributed by atoms with van der Waals surface area (Å²) in [4.78, 5) is 119. The number of H-pyrrole nitrogens is 4. The smallest absolute Gasteiger partial charge is 0.269 e. The van der Waals surface area contributed by atoms with E-state index in [4.69, 9.17) is 9.97 Å². The van der Waals surface area contributed by atoms with Crippen molar-refractivity contribution < 1.29 is 22.0 Å². The number of anilines is 4. The van der Waals surface area contributed by atoms with Crippen LogP contribution in [0.15, 0.2) is 251 Å². The first kappa shape index (κ1) is 82.9. The zero-order valence-electron chi connectivity index (χ0n) is 69.6. The minimum Gasteiger partial charge on any atom is -0.360 e. The van der Waals surface area contributed by atoms with Gasteiger partial charge in [0.15, 0.2) is 5.82 Å². The predicted octanol–water partition coefficient (Wildman–Crippen LogP) is 17.9. The minimum absolute atomic E-state index is 0.0262. The standard InChI is InChI=1S/2C24H21FN6O.C23H18F2N6O.C23H19FN6O/c1-13-6-4-7-16(10-13)31-23(30-18-9-5-8-17(25)20(18)24(31)32)15(3)29-22-19-14(2)11-26-21(19)27-12-28-22;1-3-18(29-22-16-11-12-26-21(16)27-13-28-22)23-30-19-6-4-5-17(25)20(19)24(32)31(23)15-9-7-14(2)8-10-15;1-12-5-3-6-14(9-12)31-22(30-17-8-4-7-15(24)18(17)23(31)32)13(2)29-21-19-16(25)10-26-20(19)27-11-28-21;1-13-5-3-6-15(11-13)30-22(29-18-8-4-7-17(24)19(18)23(30)31)14(2)28-21-16-9-10-25-20(16)26-12-27-21/h4-12,15H,1-3H3,(H2,26,27,28,29);4-13,18H,3H2,1-2H3,(H2,26,27,28,29);3-11,13H,1-2H3,(H2,26,27,28,29);3-12,14H,1-2H3,(H2,25,26,27,28)/t15-;18-;13-;14-/m0000/s1. The molecule has 0 saturated heterocycles. The zero-order chi connectivity index (χ0) is 88.6. The summed E-state index contributed by atoms with van der Waals surface area (Å²) >= 11 is 0. The van der Waals surface area contributed by atoms with Crippen LogP contribution in [-0.4, -0.2) is 98.0 Å². The minimum atomic E-state index is -0.638. The van der Waals surface area contributed by atoms with Crippen LogP contribution in [0.2, 0.25) is 0 Å². The summed E-state index contributed by atoms with van der Waals surface area (Å²) in [5.41, 5.74) is 9.18. The number of nitrogens with one attached hydrogen (secondary N) is 8. The maximum absolute atomic E-state index is 14.6. The van der Waals surface area contributed by atoms with Crippen molar-refractivity contribution in [2.75, 3.05) is 21.3 Å². The quantitative estimate of drug-likeness (QED) is 0.0393. The normalized spacial score (nSPS) is 12.4. The highest BCUT2D eigenvalue weighted by Gasteiger charge is 2.28. The molecule has 8 aromatic carbocycles. The van der Waals surface area contributed by atoms with Gasteiger partial charge in [0.05, 0.1) is 90.5 Å². The van der Waals surface area contributed by atoms with Crippen molar-refractivity contribution in [3.63, 3.8) is 0 Å². The summed E-state index contributed by atoms with van der Waals surface area (Å²) in [6, 6.07) is 49.6. The summed E-state index contributed by atoms with van der Waals surface area (Å²) in [6.07, 6.45) is 13.0.